The van der Waals surface area contributed by atoms with E-state index < -0.39 is 42.1 Å². The summed E-state index contributed by atoms with van der Waals surface area (Å²) < 4.78 is 65.3. The van der Waals surface area contributed by atoms with Crippen LogP contribution in [0.1, 0.15) is 19.3 Å². The van der Waals surface area contributed by atoms with Gasteiger partial charge in [-0.2, -0.15) is 4.98 Å². The highest BCUT2D eigenvalue weighted by atomic mass is 79.9. The van der Waals surface area contributed by atoms with Crippen molar-refractivity contribution in [2.45, 2.75) is 43.4 Å². The van der Waals surface area contributed by atoms with Crippen LogP contribution in [0.15, 0.2) is 21.9 Å². The molecule has 2 aliphatic heterocycles. The summed E-state index contributed by atoms with van der Waals surface area (Å²) in [7, 11) is 0. The van der Waals surface area contributed by atoms with E-state index in [2.05, 4.69) is 37.8 Å². The second-order valence-corrected chi connectivity index (χ2v) is 9.85. The van der Waals surface area contributed by atoms with Crippen LogP contribution in [0.2, 0.25) is 5.02 Å². The first-order valence-electron chi connectivity index (χ1n) is 11.0. The SMILES string of the molecule is C=C[C@@H](COc1c(Cl)c(Br)c(F)c2nc(OC[C@@]34CCCN3C[C@H](F)C4)[nH]c(=O)c12)NCC(F)F. The zero-order valence-electron chi connectivity index (χ0n) is 18.6. The summed E-state index contributed by atoms with van der Waals surface area (Å²) in [4.78, 5) is 21.6. The standard InChI is InChI=1S/C22H24BrClF4N4O3/c1-2-12(29-7-13(26)27)9-34-19-14-18(17(28)15(23)16(19)24)30-21(31-20(14)33)35-10-22-4-3-5-32(22)8-11(25)6-22/h2,11-13,29H,1,3-10H2,(H,30,31,33)/t11-,12+,22+/m1/s1. The Hall–Kier alpha value is -1.89. The summed E-state index contributed by atoms with van der Waals surface area (Å²) in [6, 6.07) is -0.902. The molecule has 35 heavy (non-hydrogen) atoms. The number of halogens is 6. The van der Waals surface area contributed by atoms with Gasteiger partial charge < -0.3 is 14.8 Å². The molecule has 3 heterocycles. The minimum Gasteiger partial charge on any atom is -0.489 e. The van der Waals surface area contributed by atoms with Crippen molar-refractivity contribution in [3.05, 3.63) is 38.3 Å². The Morgan fingerprint density at radius 3 is 2.91 bits per heavy atom. The molecule has 7 nitrogen and oxygen atoms in total. The number of nitrogens with zero attached hydrogens (tertiary/aromatic N) is 2. The van der Waals surface area contributed by atoms with Gasteiger partial charge in [0.05, 0.1) is 22.6 Å². The number of hydrogen-bond acceptors (Lipinski definition) is 6. The number of ether oxygens (including phenoxy) is 2. The van der Waals surface area contributed by atoms with Crippen molar-refractivity contribution in [3.63, 3.8) is 0 Å². The molecule has 0 radical (unpaired) electrons. The summed E-state index contributed by atoms with van der Waals surface area (Å²) in [6.45, 7) is 3.97. The van der Waals surface area contributed by atoms with Crippen LogP contribution in [0.3, 0.4) is 0 Å². The van der Waals surface area contributed by atoms with Crippen molar-refractivity contribution in [1.29, 1.82) is 0 Å². The maximum absolute atomic E-state index is 15.1. The fourth-order valence-electron chi connectivity index (χ4n) is 4.71. The first kappa shape index (κ1) is 26.2. The van der Waals surface area contributed by atoms with Crippen LogP contribution in [-0.2, 0) is 0 Å². The molecule has 0 saturated carbocycles. The number of rotatable bonds is 10. The molecule has 4 rings (SSSR count). The van der Waals surface area contributed by atoms with Gasteiger partial charge in [-0.15, -0.1) is 6.58 Å². The van der Waals surface area contributed by atoms with E-state index in [1.807, 2.05) is 4.90 Å². The van der Waals surface area contributed by atoms with Gasteiger partial charge >= 0.3 is 0 Å². The zero-order valence-corrected chi connectivity index (χ0v) is 20.9. The van der Waals surface area contributed by atoms with E-state index in [9.17, 15) is 18.0 Å². The number of hydrogen-bond donors (Lipinski definition) is 2. The maximum Gasteiger partial charge on any atom is 0.297 e. The van der Waals surface area contributed by atoms with Gasteiger partial charge in [-0.1, -0.05) is 17.7 Å². The van der Waals surface area contributed by atoms with Crippen LogP contribution in [0.4, 0.5) is 17.6 Å². The molecule has 0 amide bonds. The van der Waals surface area contributed by atoms with Crippen molar-refractivity contribution >= 4 is 38.4 Å². The summed E-state index contributed by atoms with van der Waals surface area (Å²) >= 11 is 9.28. The lowest BCUT2D eigenvalue weighted by molar-refractivity contribution is 0.107. The highest BCUT2D eigenvalue weighted by Crippen LogP contribution is 2.42. The van der Waals surface area contributed by atoms with Crippen molar-refractivity contribution in [3.8, 4) is 11.8 Å². The number of alkyl halides is 3. The third kappa shape index (κ3) is 5.30. The maximum atomic E-state index is 15.1. The lowest BCUT2D eigenvalue weighted by Gasteiger charge is -2.30. The average Bonchev–Trinajstić information content (AvgIpc) is 3.33. The van der Waals surface area contributed by atoms with Crippen LogP contribution in [0, 0.1) is 5.82 Å². The van der Waals surface area contributed by atoms with E-state index in [1.54, 1.807) is 0 Å². The Kier molecular flexibility index (Phi) is 7.94. The minimum atomic E-state index is -2.58. The number of aromatic nitrogens is 2. The van der Waals surface area contributed by atoms with Gasteiger partial charge in [0.25, 0.3) is 18.0 Å². The normalized spacial score (nSPS) is 23.1. The Labute approximate surface area is 211 Å². The molecular weight excluding hydrogens is 560 g/mol. The minimum absolute atomic E-state index is 0.0957. The molecule has 0 aliphatic carbocycles. The highest BCUT2D eigenvalue weighted by molar-refractivity contribution is 9.10. The Morgan fingerprint density at radius 2 is 2.20 bits per heavy atom. The molecule has 0 spiro atoms. The highest BCUT2D eigenvalue weighted by Gasteiger charge is 2.49. The fraction of sp³-hybridized carbons (Fsp3) is 0.545. The van der Waals surface area contributed by atoms with Crippen molar-refractivity contribution in [1.82, 2.24) is 20.2 Å². The molecule has 1 aromatic heterocycles. The zero-order chi connectivity index (χ0) is 25.3. The third-order valence-corrected chi connectivity index (χ3v) is 7.72. The molecule has 2 N–H and O–H groups in total. The van der Waals surface area contributed by atoms with Gasteiger partial charge in [0.15, 0.2) is 11.6 Å². The van der Waals surface area contributed by atoms with Crippen molar-refractivity contribution in [2.24, 2.45) is 0 Å². The first-order valence-corrected chi connectivity index (χ1v) is 12.2. The summed E-state index contributed by atoms with van der Waals surface area (Å²) in [5, 5.41) is 2.07. The summed E-state index contributed by atoms with van der Waals surface area (Å²) in [5.74, 6) is -1.06. The predicted octanol–water partition coefficient (Wildman–Crippen LogP) is 4.22. The molecule has 192 valence electrons. The molecule has 2 aliphatic rings. The van der Waals surface area contributed by atoms with Gasteiger partial charge in [0, 0.05) is 13.0 Å². The summed E-state index contributed by atoms with van der Waals surface area (Å²) in [6.07, 6.45) is -0.181. The van der Waals surface area contributed by atoms with Crippen LogP contribution in [-0.4, -0.2) is 71.9 Å². The van der Waals surface area contributed by atoms with Crippen molar-refractivity contribution in [2.75, 3.05) is 32.8 Å². The Balaban J connectivity index is 1.61. The third-order valence-electron chi connectivity index (χ3n) is 6.38. The van der Waals surface area contributed by atoms with E-state index in [0.717, 1.165) is 19.4 Å². The molecule has 0 unspecified atom stereocenters. The average molecular weight is 584 g/mol. The van der Waals surface area contributed by atoms with Gasteiger partial charge in [-0.3, -0.25) is 14.7 Å². The second-order valence-electron chi connectivity index (χ2n) is 8.68. The van der Waals surface area contributed by atoms with Gasteiger partial charge in [-0.25, -0.2) is 17.6 Å². The Morgan fingerprint density at radius 1 is 1.43 bits per heavy atom. The molecule has 0 bridgehead atoms. The van der Waals surface area contributed by atoms with E-state index in [-0.39, 0.29) is 45.4 Å². The lowest BCUT2D eigenvalue weighted by Crippen LogP contribution is -2.43. The fourth-order valence-corrected chi connectivity index (χ4v) is 5.31. The molecule has 13 heteroatoms. The largest absolute Gasteiger partial charge is 0.489 e. The van der Waals surface area contributed by atoms with Gasteiger partial charge in [-0.05, 0) is 35.3 Å². The molecule has 2 fully saturated rings. The number of fused-ring (bicyclic) bond motifs is 2. The molecule has 2 saturated heterocycles. The van der Waals surface area contributed by atoms with Crippen LogP contribution >= 0.6 is 27.5 Å². The van der Waals surface area contributed by atoms with Crippen LogP contribution in [0.5, 0.6) is 11.8 Å². The van der Waals surface area contributed by atoms with Crippen molar-refractivity contribution < 1.29 is 27.0 Å². The number of aromatic amines is 1. The topological polar surface area (TPSA) is 79.5 Å². The predicted molar refractivity (Wildman–Crippen MR) is 127 cm³/mol. The van der Waals surface area contributed by atoms with E-state index >= 15 is 4.39 Å². The van der Waals surface area contributed by atoms with E-state index in [1.165, 1.54) is 6.08 Å². The van der Waals surface area contributed by atoms with E-state index in [4.69, 9.17) is 21.1 Å². The number of H-pyrrole nitrogens is 1. The van der Waals surface area contributed by atoms with Crippen LogP contribution < -0.4 is 20.3 Å². The molecule has 3 atom stereocenters. The molecule has 2 aromatic rings. The van der Waals surface area contributed by atoms with Gasteiger partial charge in [0.2, 0.25) is 0 Å². The summed E-state index contributed by atoms with van der Waals surface area (Å²) in [5.41, 5.74) is -1.59. The first-order chi connectivity index (χ1) is 16.6. The lowest BCUT2D eigenvalue weighted by atomic mass is 9.95. The second kappa shape index (κ2) is 10.6. The number of benzene rings is 1. The monoisotopic (exact) mass is 582 g/mol. The smallest absolute Gasteiger partial charge is 0.297 e. The van der Waals surface area contributed by atoms with Gasteiger partial charge in [0.1, 0.15) is 35.3 Å². The Bertz CT molecular complexity index is 1170. The quantitative estimate of drug-likeness (QED) is 0.248. The molecular formula is C22H24BrClF4N4O3. The van der Waals surface area contributed by atoms with E-state index in [0.29, 0.717) is 13.0 Å². The number of nitrogens with one attached hydrogen (secondary N) is 2. The molecule has 1 aromatic carbocycles. The van der Waals surface area contributed by atoms with Crippen LogP contribution in [0.25, 0.3) is 10.9 Å².